The summed E-state index contributed by atoms with van der Waals surface area (Å²) >= 11 is 0. The van der Waals surface area contributed by atoms with Crippen molar-refractivity contribution in [2.45, 2.75) is 25.2 Å². The minimum Gasteiger partial charge on any atom is -0.246 e. The molecule has 0 bridgehead atoms. The normalized spacial score (nSPS) is 15.3. The SMILES string of the molecule is CC1=NN(C(=O)NS(=O)(=O)c2ccccc2C)CC1. The molecule has 0 spiro atoms. The molecule has 0 saturated heterocycles. The molecule has 0 aliphatic carbocycles. The average molecular weight is 281 g/mol. The zero-order valence-electron chi connectivity index (χ0n) is 10.8. The van der Waals surface area contributed by atoms with E-state index < -0.39 is 16.1 Å². The molecule has 1 aliphatic heterocycles. The van der Waals surface area contributed by atoms with E-state index in [1.165, 1.54) is 6.07 Å². The van der Waals surface area contributed by atoms with Crippen molar-refractivity contribution in [1.82, 2.24) is 9.73 Å². The maximum absolute atomic E-state index is 12.1. The molecule has 0 unspecified atom stereocenters. The van der Waals surface area contributed by atoms with Crippen LogP contribution in [0.5, 0.6) is 0 Å². The molecule has 19 heavy (non-hydrogen) atoms. The summed E-state index contributed by atoms with van der Waals surface area (Å²) in [5, 5.41) is 5.09. The highest BCUT2D eigenvalue weighted by molar-refractivity contribution is 7.90. The van der Waals surface area contributed by atoms with Gasteiger partial charge in [-0.2, -0.15) is 5.10 Å². The van der Waals surface area contributed by atoms with Gasteiger partial charge in [0.1, 0.15) is 0 Å². The number of sulfonamides is 1. The van der Waals surface area contributed by atoms with Gasteiger partial charge in [-0.05, 0) is 25.5 Å². The smallest absolute Gasteiger partial charge is 0.246 e. The first kappa shape index (κ1) is 13.5. The number of hydrazone groups is 1. The number of carbonyl (C=O) groups excluding carboxylic acids is 1. The van der Waals surface area contributed by atoms with Gasteiger partial charge in [0.2, 0.25) is 0 Å². The summed E-state index contributed by atoms with van der Waals surface area (Å²) in [6, 6.07) is 5.77. The number of hydrogen-bond acceptors (Lipinski definition) is 4. The van der Waals surface area contributed by atoms with E-state index in [4.69, 9.17) is 0 Å². The fourth-order valence-electron chi connectivity index (χ4n) is 1.80. The molecule has 1 aromatic rings. The van der Waals surface area contributed by atoms with E-state index in [0.29, 0.717) is 18.5 Å². The van der Waals surface area contributed by atoms with E-state index in [0.717, 1.165) is 10.7 Å². The maximum atomic E-state index is 12.1. The molecule has 102 valence electrons. The van der Waals surface area contributed by atoms with Gasteiger partial charge in [-0.3, -0.25) is 0 Å². The Labute approximate surface area is 112 Å². The van der Waals surface area contributed by atoms with Crippen LogP contribution in [0.25, 0.3) is 0 Å². The first-order valence-corrected chi connectivity index (χ1v) is 7.32. The molecule has 0 aromatic heterocycles. The molecule has 2 rings (SSSR count). The van der Waals surface area contributed by atoms with Gasteiger partial charge in [0.25, 0.3) is 10.0 Å². The van der Waals surface area contributed by atoms with Crippen LogP contribution in [0.15, 0.2) is 34.3 Å². The van der Waals surface area contributed by atoms with Crippen LogP contribution in [0.2, 0.25) is 0 Å². The zero-order valence-corrected chi connectivity index (χ0v) is 11.6. The van der Waals surface area contributed by atoms with Crippen molar-refractivity contribution in [3.05, 3.63) is 29.8 Å². The lowest BCUT2D eigenvalue weighted by atomic mass is 10.2. The zero-order chi connectivity index (χ0) is 14.0. The highest BCUT2D eigenvalue weighted by Crippen LogP contribution is 2.14. The van der Waals surface area contributed by atoms with Crippen molar-refractivity contribution in [3.8, 4) is 0 Å². The number of nitrogens with one attached hydrogen (secondary N) is 1. The van der Waals surface area contributed by atoms with Gasteiger partial charge in [0.15, 0.2) is 0 Å². The molecule has 1 heterocycles. The minimum atomic E-state index is -3.86. The van der Waals surface area contributed by atoms with E-state index >= 15 is 0 Å². The van der Waals surface area contributed by atoms with Crippen molar-refractivity contribution in [1.29, 1.82) is 0 Å². The van der Waals surface area contributed by atoms with Crippen molar-refractivity contribution < 1.29 is 13.2 Å². The van der Waals surface area contributed by atoms with E-state index in [-0.39, 0.29) is 4.90 Å². The Bertz CT molecular complexity index is 637. The highest BCUT2D eigenvalue weighted by atomic mass is 32.2. The van der Waals surface area contributed by atoms with Crippen LogP contribution >= 0.6 is 0 Å². The van der Waals surface area contributed by atoms with E-state index in [2.05, 4.69) is 5.10 Å². The molecular weight excluding hydrogens is 266 g/mol. The second-order valence-electron chi connectivity index (χ2n) is 4.38. The van der Waals surface area contributed by atoms with Gasteiger partial charge >= 0.3 is 6.03 Å². The van der Waals surface area contributed by atoms with E-state index in [1.54, 1.807) is 32.0 Å². The lowest BCUT2D eigenvalue weighted by Gasteiger charge is -2.14. The lowest BCUT2D eigenvalue weighted by Crippen LogP contribution is -2.39. The topological polar surface area (TPSA) is 78.8 Å². The van der Waals surface area contributed by atoms with Crippen molar-refractivity contribution >= 4 is 21.8 Å². The van der Waals surface area contributed by atoms with E-state index in [9.17, 15) is 13.2 Å². The summed E-state index contributed by atoms with van der Waals surface area (Å²) in [6.45, 7) is 3.88. The highest BCUT2D eigenvalue weighted by Gasteiger charge is 2.25. The number of amides is 2. The Morgan fingerprint density at radius 2 is 2.00 bits per heavy atom. The second kappa shape index (κ2) is 5.00. The number of aryl methyl sites for hydroxylation is 1. The lowest BCUT2D eigenvalue weighted by molar-refractivity contribution is 0.211. The molecule has 1 N–H and O–H groups in total. The van der Waals surface area contributed by atoms with Crippen molar-refractivity contribution in [3.63, 3.8) is 0 Å². The number of hydrogen-bond donors (Lipinski definition) is 1. The minimum absolute atomic E-state index is 0.100. The summed E-state index contributed by atoms with van der Waals surface area (Å²) in [4.78, 5) is 11.9. The third kappa shape index (κ3) is 2.93. The standard InChI is InChI=1S/C12H15N3O3S/c1-9-5-3-4-6-11(9)19(17,18)14-12(16)15-8-7-10(2)13-15/h3-6H,7-8H2,1-2H3,(H,14,16). The van der Waals surface area contributed by atoms with Crippen LogP contribution in [-0.2, 0) is 10.0 Å². The summed E-state index contributed by atoms with van der Waals surface area (Å²) < 4.78 is 26.2. The van der Waals surface area contributed by atoms with Gasteiger partial charge in [-0.15, -0.1) is 0 Å². The molecule has 0 radical (unpaired) electrons. The molecule has 6 nitrogen and oxygen atoms in total. The van der Waals surface area contributed by atoms with Crippen LogP contribution in [-0.4, -0.2) is 31.7 Å². The van der Waals surface area contributed by atoms with Gasteiger partial charge in [0.05, 0.1) is 11.4 Å². The van der Waals surface area contributed by atoms with Gasteiger partial charge in [0, 0.05) is 12.1 Å². The Morgan fingerprint density at radius 3 is 2.58 bits per heavy atom. The number of benzene rings is 1. The third-order valence-electron chi connectivity index (χ3n) is 2.82. The number of carbonyl (C=O) groups is 1. The average Bonchev–Trinajstić information content (AvgIpc) is 2.76. The Hall–Kier alpha value is -1.89. The fraction of sp³-hybridized carbons (Fsp3) is 0.333. The summed E-state index contributed by atoms with van der Waals surface area (Å²) in [5.74, 6) is 0. The second-order valence-corrected chi connectivity index (χ2v) is 6.04. The molecule has 0 fully saturated rings. The summed E-state index contributed by atoms with van der Waals surface area (Å²) in [5.41, 5.74) is 1.40. The number of rotatable bonds is 2. The van der Waals surface area contributed by atoms with Gasteiger partial charge in [-0.25, -0.2) is 22.9 Å². The monoisotopic (exact) mass is 281 g/mol. The van der Waals surface area contributed by atoms with Crippen LogP contribution in [0.3, 0.4) is 0 Å². The van der Waals surface area contributed by atoms with Crippen molar-refractivity contribution in [2.75, 3.05) is 6.54 Å². The molecule has 7 heteroatoms. The summed E-state index contributed by atoms with van der Waals surface area (Å²) in [6.07, 6.45) is 0.665. The van der Waals surface area contributed by atoms with Gasteiger partial charge in [-0.1, -0.05) is 18.2 Å². The predicted octanol–water partition coefficient (Wildman–Crippen LogP) is 1.47. The van der Waals surface area contributed by atoms with Crippen LogP contribution in [0.4, 0.5) is 4.79 Å². The molecule has 1 aromatic carbocycles. The molecule has 0 saturated carbocycles. The third-order valence-corrected chi connectivity index (χ3v) is 4.30. The Balaban J connectivity index is 2.19. The molecular formula is C12H15N3O3S. The fourth-order valence-corrected chi connectivity index (χ4v) is 3.00. The molecule has 0 atom stereocenters. The Kier molecular flexibility index (Phi) is 3.57. The van der Waals surface area contributed by atoms with Crippen LogP contribution in [0, 0.1) is 6.92 Å². The van der Waals surface area contributed by atoms with E-state index in [1.807, 2.05) is 4.72 Å². The molecule has 2 amide bonds. The van der Waals surface area contributed by atoms with Crippen molar-refractivity contribution in [2.24, 2.45) is 5.10 Å². The largest absolute Gasteiger partial charge is 0.351 e. The first-order chi connectivity index (χ1) is 8.90. The van der Waals surface area contributed by atoms with Crippen LogP contribution < -0.4 is 4.72 Å². The van der Waals surface area contributed by atoms with Crippen LogP contribution in [0.1, 0.15) is 18.9 Å². The first-order valence-electron chi connectivity index (χ1n) is 5.84. The number of urea groups is 1. The quantitative estimate of drug-likeness (QED) is 0.891. The maximum Gasteiger partial charge on any atom is 0.351 e. The molecule has 1 aliphatic rings. The van der Waals surface area contributed by atoms with Gasteiger partial charge < -0.3 is 0 Å². The number of nitrogens with zero attached hydrogens (tertiary/aromatic N) is 2. The predicted molar refractivity (Wildman–Crippen MR) is 71.3 cm³/mol. The Morgan fingerprint density at radius 1 is 1.32 bits per heavy atom. The summed E-state index contributed by atoms with van der Waals surface area (Å²) in [7, 11) is -3.86.